The Labute approximate surface area is 226 Å². The smallest absolute Gasteiger partial charge is 0.307 e. The van der Waals surface area contributed by atoms with Crippen LogP contribution in [0.25, 0.3) is 5.57 Å². The normalized spacial score (nSPS) is 26.8. The number of allylic oxidation sites excluding steroid dienone is 2. The molecule has 38 heavy (non-hydrogen) atoms. The number of nitrogens with zero attached hydrogens (tertiary/aromatic N) is 3. The summed E-state index contributed by atoms with van der Waals surface area (Å²) in [5, 5.41) is 0. The van der Waals surface area contributed by atoms with Crippen molar-refractivity contribution in [1.29, 1.82) is 0 Å². The highest BCUT2D eigenvalue weighted by Gasteiger charge is 2.52. The molecule has 1 saturated carbocycles. The summed E-state index contributed by atoms with van der Waals surface area (Å²) in [5.41, 5.74) is 4.53. The molecule has 4 atom stereocenters. The molecule has 0 spiro atoms. The second-order valence-electron chi connectivity index (χ2n) is 12.4. The fraction of sp³-hybridized carbons (Fsp3) is 0.567. The number of ether oxygens (including phenoxy) is 1. The molecule has 0 amide bonds. The molecular weight excluding hydrogens is 498 g/mol. The zero-order valence-corrected chi connectivity index (χ0v) is 23.9. The van der Waals surface area contributed by atoms with Gasteiger partial charge in [-0.25, -0.2) is 22.7 Å². The van der Waals surface area contributed by atoms with Gasteiger partial charge < -0.3 is 4.74 Å². The van der Waals surface area contributed by atoms with Crippen molar-refractivity contribution in [3.8, 4) is 0 Å². The first kappa shape index (κ1) is 27.0. The van der Waals surface area contributed by atoms with Gasteiger partial charge in [-0.1, -0.05) is 19.1 Å². The molecule has 204 valence electrons. The van der Waals surface area contributed by atoms with Crippen LogP contribution in [0, 0.1) is 17.3 Å². The van der Waals surface area contributed by atoms with Gasteiger partial charge in [0.1, 0.15) is 11.9 Å². The van der Waals surface area contributed by atoms with Crippen molar-refractivity contribution in [1.82, 2.24) is 14.3 Å². The van der Waals surface area contributed by atoms with E-state index in [1.807, 2.05) is 18.5 Å². The number of aryl methyl sites for hydroxylation is 1. The summed E-state index contributed by atoms with van der Waals surface area (Å²) in [4.78, 5) is 20.9. The first-order valence-electron chi connectivity index (χ1n) is 13.7. The molecule has 0 N–H and O–H groups in total. The molecule has 1 fully saturated rings. The molecule has 8 heteroatoms. The van der Waals surface area contributed by atoms with E-state index in [2.05, 4.69) is 29.0 Å². The number of aromatic nitrogens is 2. The molecule has 1 aromatic carbocycles. The zero-order valence-electron chi connectivity index (χ0n) is 23.1. The van der Waals surface area contributed by atoms with Crippen LogP contribution in [0.4, 0.5) is 0 Å². The number of hydrogen-bond acceptors (Lipinski definition) is 6. The Balaban J connectivity index is 1.31. The predicted octanol–water partition coefficient (Wildman–Crippen LogP) is 5.38. The highest BCUT2D eigenvalue weighted by atomic mass is 32.2. The number of sulfonamides is 1. The lowest BCUT2D eigenvalue weighted by molar-refractivity contribution is -0.154. The number of fused-ring (bicyclic) bond motifs is 5. The summed E-state index contributed by atoms with van der Waals surface area (Å²) in [6.07, 6.45) is 13.1. The van der Waals surface area contributed by atoms with Gasteiger partial charge in [-0.15, -0.1) is 0 Å². The standard InChI is InChI=1S/C30H39N3O4S/c1-29(2,3)37-28(34)13-15-33(5)38(35,36)22-7-9-23-20(16-22)6-8-25-24(23)12-14-30(4)26(10-11-27(25)30)21-17-31-19-32-18-21/h7,9-10,16-19,24-25,27H,6,8,11-15H2,1-5H3/t24?,25-,27+,30-/m1/s1. The first-order valence-corrected chi connectivity index (χ1v) is 15.1. The van der Waals surface area contributed by atoms with Gasteiger partial charge in [0.2, 0.25) is 10.0 Å². The second-order valence-corrected chi connectivity index (χ2v) is 14.4. The molecule has 5 rings (SSSR count). The Morgan fingerprint density at radius 3 is 2.63 bits per heavy atom. The Kier molecular flexibility index (Phi) is 7.01. The van der Waals surface area contributed by atoms with E-state index in [4.69, 9.17) is 4.74 Å². The monoisotopic (exact) mass is 537 g/mol. The minimum absolute atomic E-state index is 0.0208. The van der Waals surface area contributed by atoms with Gasteiger partial charge in [0.15, 0.2) is 0 Å². The predicted molar refractivity (Wildman–Crippen MR) is 147 cm³/mol. The fourth-order valence-corrected chi connectivity index (χ4v) is 8.34. The van der Waals surface area contributed by atoms with E-state index in [1.165, 1.54) is 22.5 Å². The van der Waals surface area contributed by atoms with Crippen molar-refractivity contribution in [2.75, 3.05) is 13.6 Å². The Morgan fingerprint density at radius 2 is 1.92 bits per heavy atom. The molecule has 1 aromatic heterocycles. The third-order valence-electron chi connectivity index (χ3n) is 8.91. The van der Waals surface area contributed by atoms with Crippen molar-refractivity contribution >= 4 is 21.6 Å². The van der Waals surface area contributed by atoms with Crippen LogP contribution in [0.1, 0.15) is 82.4 Å². The van der Waals surface area contributed by atoms with E-state index < -0.39 is 21.6 Å². The van der Waals surface area contributed by atoms with Crippen molar-refractivity contribution in [2.24, 2.45) is 17.3 Å². The Hall–Kier alpha value is -2.58. The van der Waals surface area contributed by atoms with Gasteiger partial charge in [0, 0.05) is 31.5 Å². The van der Waals surface area contributed by atoms with Crippen LogP contribution >= 0.6 is 0 Å². The summed E-state index contributed by atoms with van der Waals surface area (Å²) < 4.78 is 33.2. The van der Waals surface area contributed by atoms with Crippen LogP contribution in [0.5, 0.6) is 0 Å². The number of esters is 1. The second kappa shape index (κ2) is 9.87. The summed E-state index contributed by atoms with van der Waals surface area (Å²) in [5.74, 6) is 1.22. The van der Waals surface area contributed by atoms with Gasteiger partial charge in [-0.2, -0.15) is 0 Å². The lowest BCUT2D eigenvalue weighted by atomic mass is 9.54. The van der Waals surface area contributed by atoms with Crippen LogP contribution in [-0.2, 0) is 26.0 Å². The van der Waals surface area contributed by atoms with Gasteiger partial charge >= 0.3 is 5.97 Å². The fourth-order valence-electron chi connectivity index (χ4n) is 7.11. The van der Waals surface area contributed by atoms with E-state index in [0.29, 0.717) is 22.6 Å². The summed E-state index contributed by atoms with van der Waals surface area (Å²) >= 11 is 0. The third kappa shape index (κ3) is 4.93. The number of rotatable bonds is 6. The summed E-state index contributed by atoms with van der Waals surface area (Å²) in [6, 6.07) is 5.68. The maximum absolute atomic E-state index is 13.3. The van der Waals surface area contributed by atoms with Crippen LogP contribution < -0.4 is 0 Å². The first-order chi connectivity index (χ1) is 17.9. The SMILES string of the molecule is CN(CCC(=O)OC(C)(C)C)S(=O)(=O)c1ccc2c(c1)CC[C@@H]1C2CC[C@]2(C)C(c3cncnc3)=CC[C@@H]12. The Bertz CT molecular complexity index is 1350. The van der Waals surface area contributed by atoms with Crippen molar-refractivity contribution in [3.05, 3.63) is 59.7 Å². The van der Waals surface area contributed by atoms with Crippen molar-refractivity contribution in [2.45, 2.75) is 82.6 Å². The molecule has 0 radical (unpaired) electrons. The van der Waals surface area contributed by atoms with E-state index in [9.17, 15) is 13.2 Å². The number of carbonyl (C=O) groups is 1. The molecule has 3 aliphatic carbocycles. The third-order valence-corrected chi connectivity index (χ3v) is 10.8. The molecule has 3 aliphatic rings. The van der Waals surface area contributed by atoms with Gasteiger partial charge in [0.25, 0.3) is 0 Å². The largest absolute Gasteiger partial charge is 0.460 e. The van der Waals surface area contributed by atoms with Crippen LogP contribution in [0.2, 0.25) is 0 Å². The summed E-state index contributed by atoms with van der Waals surface area (Å²) in [6.45, 7) is 7.90. The maximum atomic E-state index is 13.3. The van der Waals surface area contributed by atoms with Gasteiger partial charge in [-0.05, 0) is 105 Å². The van der Waals surface area contributed by atoms with Crippen LogP contribution in [0.3, 0.4) is 0 Å². The topological polar surface area (TPSA) is 89.5 Å². The van der Waals surface area contributed by atoms with Crippen molar-refractivity contribution in [3.63, 3.8) is 0 Å². The van der Waals surface area contributed by atoms with Crippen LogP contribution in [0.15, 0.2) is 47.9 Å². The van der Waals surface area contributed by atoms with E-state index in [1.54, 1.807) is 33.2 Å². The van der Waals surface area contributed by atoms with Crippen LogP contribution in [-0.4, -0.2) is 47.9 Å². The molecule has 0 aliphatic heterocycles. The molecule has 0 bridgehead atoms. The minimum Gasteiger partial charge on any atom is -0.460 e. The summed E-state index contributed by atoms with van der Waals surface area (Å²) in [7, 11) is -2.17. The average molecular weight is 538 g/mol. The Morgan fingerprint density at radius 1 is 1.18 bits per heavy atom. The molecule has 2 aromatic rings. The quantitative estimate of drug-likeness (QED) is 0.460. The van der Waals surface area contributed by atoms with E-state index in [-0.39, 0.29) is 18.4 Å². The number of hydrogen-bond donors (Lipinski definition) is 0. The van der Waals surface area contributed by atoms with E-state index in [0.717, 1.165) is 43.2 Å². The highest BCUT2D eigenvalue weighted by molar-refractivity contribution is 7.89. The molecule has 1 heterocycles. The number of carbonyl (C=O) groups excluding carboxylic acids is 1. The molecule has 7 nitrogen and oxygen atoms in total. The molecular formula is C30H39N3O4S. The molecule has 1 unspecified atom stereocenters. The lowest BCUT2D eigenvalue weighted by Crippen LogP contribution is -2.41. The number of benzene rings is 1. The maximum Gasteiger partial charge on any atom is 0.307 e. The lowest BCUT2D eigenvalue weighted by Gasteiger charge is -2.50. The average Bonchev–Trinajstić information content (AvgIpc) is 3.23. The minimum atomic E-state index is -3.70. The van der Waals surface area contributed by atoms with Gasteiger partial charge in [-0.3, -0.25) is 4.79 Å². The van der Waals surface area contributed by atoms with E-state index >= 15 is 0 Å². The van der Waals surface area contributed by atoms with Gasteiger partial charge in [0.05, 0.1) is 11.3 Å². The highest BCUT2D eigenvalue weighted by Crippen LogP contribution is 2.63. The van der Waals surface area contributed by atoms with Crippen molar-refractivity contribution < 1.29 is 17.9 Å². The zero-order chi connectivity index (χ0) is 27.3. The molecule has 0 saturated heterocycles.